The van der Waals surface area contributed by atoms with Gasteiger partial charge in [-0.15, -0.1) is 5.10 Å². The standard InChI is InChI=1S/C18H18Cl2N6O2S/c1-28-7-3-6-21-17(27)16-15(11-29-18-22-4-2-5-23-18)26(25-24-16)14-9-12(19)8-13(20)10-14/h2,4-5,8-10H,3,6-7,11H2,1H3,(H,21,27). The first-order valence-electron chi connectivity index (χ1n) is 8.66. The van der Waals surface area contributed by atoms with Crippen LogP contribution in [0.4, 0.5) is 0 Å². The number of methoxy groups -OCH3 is 1. The third-order valence-corrected chi connectivity index (χ3v) is 5.08. The van der Waals surface area contributed by atoms with Gasteiger partial charge in [0.2, 0.25) is 0 Å². The molecule has 1 aromatic carbocycles. The lowest BCUT2D eigenvalue weighted by Gasteiger charge is -2.09. The largest absolute Gasteiger partial charge is 0.385 e. The molecule has 0 atom stereocenters. The number of hydrogen-bond acceptors (Lipinski definition) is 7. The molecule has 0 radical (unpaired) electrons. The van der Waals surface area contributed by atoms with Crippen LogP contribution < -0.4 is 5.32 Å². The summed E-state index contributed by atoms with van der Waals surface area (Å²) in [4.78, 5) is 21.1. The van der Waals surface area contributed by atoms with E-state index in [1.807, 2.05) is 0 Å². The molecule has 0 bridgehead atoms. The maximum atomic E-state index is 12.7. The summed E-state index contributed by atoms with van der Waals surface area (Å²) in [6.07, 6.45) is 4.01. The number of hydrogen-bond donors (Lipinski definition) is 1. The Morgan fingerprint density at radius 1 is 1.21 bits per heavy atom. The van der Waals surface area contributed by atoms with E-state index < -0.39 is 0 Å². The zero-order valence-corrected chi connectivity index (χ0v) is 17.8. The van der Waals surface area contributed by atoms with Crippen molar-refractivity contribution in [1.82, 2.24) is 30.3 Å². The minimum absolute atomic E-state index is 0.224. The Morgan fingerprint density at radius 2 is 1.93 bits per heavy atom. The highest BCUT2D eigenvalue weighted by Crippen LogP contribution is 2.26. The molecule has 3 rings (SSSR count). The lowest BCUT2D eigenvalue weighted by molar-refractivity contribution is 0.0943. The van der Waals surface area contributed by atoms with E-state index in [1.54, 1.807) is 48.5 Å². The number of rotatable bonds is 9. The zero-order chi connectivity index (χ0) is 20.6. The van der Waals surface area contributed by atoms with Crippen molar-refractivity contribution in [2.75, 3.05) is 20.3 Å². The van der Waals surface area contributed by atoms with Crippen molar-refractivity contribution in [3.63, 3.8) is 0 Å². The molecule has 0 aliphatic rings. The highest BCUT2D eigenvalue weighted by atomic mass is 35.5. The molecule has 2 aromatic heterocycles. The third kappa shape index (κ3) is 5.89. The van der Waals surface area contributed by atoms with Gasteiger partial charge in [0.15, 0.2) is 10.9 Å². The molecule has 1 N–H and O–H groups in total. The summed E-state index contributed by atoms with van der Waals surface area (Å²) in [7, 11) is 1.62. The summed E-state index contributed by atoms with van der Waals surface area (Å²) in [5.41, 5.74) is 1.42. The first-order valence-corrected chi connectivity index (χ1v) is 10.4. The number of carbonyl (C=O) groups excluding carboxylic acids is 1. The molecule has 0 saturated carbocycles. The van der Waals surface area contributed by atoms with Gasteiger partial charge in [-0.2, -0.15) is 0 Å². The zero-order valence-electron chi connectivity index (χ0n) is 15.5. The second kappa shape index (κ2) is 10.5. The van der Waals surface area contributed by atoms with E-state index in [2.05, 4.69) is 25.6 Å². The molecule has 0 aliphatic carbocycles. The number of benzene rings is 1. The van der Waals surface area contributed by atoms with Gasteiger partial charge in [-0.05, 0) is 30.7 Å². The SMILES string of the molecule is COCCCNC(=O)c1nnn(-c2cc(Cl)cc(Cl)c2)c1CSc1ncccn1. The summed E-state index contributed by atoms with van der Waals surface area (Å²) in [5.74, 6) is 0.0622. The Balaban J connectivity index is 1.89. The lowest BCUT2D eigenvalue weighted by Crippen LogP contribution is -2.26. The van der Waals surface area contributed by atoms with Crippen LogP contribution in [-0.4, -0.2) is 51.1 Å². The lowest BCUT2D eigenvalue weighted by atomic mass is 10.2. The van der Waals surface area contributed by atoms with Crippen molar-refractivity contribution in [3.8, 4) is 5.69 Å². The molecule has 8 nitrogen and oxygen atoms in total. The van der Waals surface area contributed by atoms with Gasteiger partial charge in [0.1, 0.15) is 0 Å². The smallest absolute Gasteiger partial charge is 0.273 e. The monoisotopic (exact) mass is 452 g/mol. The van der Waals surface area contributed by atoms with Gasteiger partial charge in [0.05, 0.1) is 11.4 Å². The van der Waals surface area contributed by atoms with E-state index in [4.69, 9.17) is 27.9 Å². The van der Waals surface area contributed by atoms with Crippen LogP contribution in [-0.2, 0) is 10.5 Å². The average molecular weight is 453 g/mol. The third-order valence-electron chi connectivity index (χ3n) is 3.76. The van der Waals surface area contributed by atoms with Crippen LogP contribution in [0.1, 0.15) is 22.6 Å². The van der Waals surface area contributed by atoms with Crippen LogP contribution in [0.5, 0.6) is 0 Å². The van der Waals surface area contributed by atoms with E-state index >= 15 is 0 Å². The molecule has 0 spiro atoms. The van der Waals surface area contributed by atoms with Gasteiger partial charge in [0.25, 0.3) is 5.91 Å². The number of amides is 1. The van der Waals surface area contributed by atoms with Gasteiger partial charge in [-0.3, -0.25) is 4.79 Å². The molecular weight excluding hydrogens is 435 g/mol. The number of nitrogens with zero attached hydrogens (tertiary/aromatic N) is 5. The van der Waals surface area contributed by atoms with E-state index in [1.165, 1.54) is 11.8 Å². The van der Waals surface area contributed by atoms with E-state index in [0.29, 0.717) is 51.9 Å². The molecule has 3 aromatic rings. The normalized spacial score (nSPS) is 10.9. The van der Waals surface area contributed by atoms with Crippen molar-refractivity contribution < 1.29 is 9.53 Å². The molecule has 1 amide bonds. The average Bonchev–Trinajstić information content (AvgIpc) is 3.13. The van der Waals surface area contributed by atoms with Crippen LogP contribution in [0, 0.1) is 0 Å². The second-order valence-corrected chi connectivity index (χ2v) is 7.66. The number of halogens is 2. The van der Waals surface area contributed by atoms with Gasteiger partial charge in [-0.25, -0.2) is 14.6 Å². The molecule has 152 valence electrons. The second-order valence-electron chi connectivity index (χ2n) is 5.85. The summed E-state index contributed by atoms with van der Waals surface area (Å²) in [6, 6.07) is 6.77. The van der Waals surface area contributed by atoms with Crippen LogP contribution in [0.2, 0.25) is 10.0 Å². The predicted octanol–water partition coefficient (Wildman–Crippen LogP) is 3.42. The molecule has 11 heteroatoms. The molecule has 2 heterocycles. The van der Waals surface area contributed by atoms with Gasteiger partial charge in [0, 0.05) is 48.5 Å². The minimum Gasteiger partial charge on any atom is -0.385 e. The van der Waals surface area contributed by atoms with Crippen molar-refractivity contribution in [2.24, 2.45) is 0 Å². The maximum absolute atomic E-state index is 12.7. The van der Waals surface area contributed by atoms with Crippen molar-refractivity contribution in [1.29, 1.82) is 0 Å². The molecule has 0 unspecified atom stereocenters. The molecule has 29 heavy (non-hydrogen) atoms. The van der Waals surface area contributed by atoms with Crippen LogP contribution in [0.15, 0.2) is 41.8 Å². The maximum Gasteiger partial charge on any atom is 0.273 e. The first-order chi connectivity index (χ1) is 14.1. The Kier molecular flexibility index (Phi) is 7.82. The quantitative estimate of drug-likeness (QED) is 0.301. The Morgan fingerprint density at radius 3 is 2.62 bits per heavy atom. The van der Waals surface area contributed by atoms with Crippen molar-refractivity contribution in [2.45, 2.75) is 17.3 Å². The fourth-order valence-electron chi connectivity index (χ4n) is 2.47. The number of carbonyl (C=O) groups is 1. The number of thioether (sulfide) groups is 1. The fraction of sp³-hybridized carbons (Fsp3) is 0.278. The van der Waals surface area contributed by atoms with E-state index in [-0.39, 0.29) is 11.6 Å². The van der Waals surface area contributed by atoms with E-state index in [9.17, 15) is 4.79 Å². The Bertz CT molecular complexity index is 950. The topological polar surface area (TPSA) is 94.8 Å². The Labute approximate surface area is 182 Å². The summed E-state index contributed by atoms with van der Waals surface area (Å²) >= 11 is 13.6. The minimum atomic E-state index is -0.315. The highest BCUT2D eigenvalue weighted by Gasteiger charge is 2.21. The van der Waals surface area contributed by atoms with E-state index in [0.717, 1.165) is 0 Å². The summed E-state index contributed by atoms with van der Waals surface area (Å²) < 4.78 is 6.55. The molecular formula is C18H18Cl2N6O2S. The van der Waals surface area contributed by atoms with Gasteiger partial charge >= 0.3 is 0 Å². The fourth-order valence-corrected chi connectivity index (χ4v) is 3.78. The first kappa shape index (κ1) is 21.5. The van der Waals surface area contributed by atoms with Crippen molar-refractivity contribution in [3.05, 3.63) is 58.1 Å². The van der Waals surface area contributed by atoms with Crippen LogP contribution in [0.25, 0.3) is 5.69 Å². The van der Waals surface area contributed by atoms with Gasteiger partial charge in [-0.1, -0.05) is 40.2 Å². The number of nitrogens with one attached hydrogen (secondary N) is 1. The molecule has 0 aliphatic heterocycles. The summed E-state index contributed by atoms with van der Waals surface area (Å²) in [6.45, 7) is 1.03. The highest BCUT2D eigenvalue weighted by molar-refractivity contribution is 7.98. The number of ether oxygens (including phenoxy) is 1. The van der Waals surface area contributed by atoms with Crippen molar-refractivity contribution >= 4 is 40.9 Å². The summed E-state index contributed by atoms with van der Waals surface area (Å²) in [5, 5.41) is 12.6. The van der Waals surface area contributed by atoms with Crippen LogP contribution >= 0.6 is 35.0 Å². The van der Waals surface area contributed by atoms with Crippen LogP contribution in [0.3, 0.4) is 0 Å². The number of aromatic nitrogens is 5. The molecule has 0 fully saturated rings. The predicted molar refractivity (Wildman–Crippen MR) is 112 cm³/mol. The van der Waals surface area contributed by atoms with Gasteiger partial charge < -0.3 is 10.1 Å². The molecule has 0 saturated heterocycles. The Hall–Kier alpha value is -2.20.